The maximum atomic E-state index is 10.7. The van der Waals surface area contributed by atoms with Crippen molar-refractivity contribution in [2.75, 3.05) is 0 Å². The van der Waals surface area contributed by atoms with Crippen LogP contribution >= 0.6 is 0 Å². The molecule has 0 fully saturated rings. The normalized spacial score (nSPS) is 12.8. The summed E-state index contributed by atoms with van der Waals surface area (Å²) in [6.45, 7) is 3.52. The molecule has 5 nitrogen and oxygen atoms in total. The molecule has 0 aromatic carbocycles. The second-order valence-corrected chi connectivity index (χ2v) is 3.07. The van der Waals surface area contributed by atoms with Crippen molar-refractivity contribution in [1.29, 1.82) is 0 Å². The quantitative estimate of drug-likeness (QED) is 0.733. The maximum absolute atomic E-state index is 10.7. The first-order valence-corrected chi connectivity index (χ1v) is 4.18. The fraction of sp³-hybridized carbons (Fsp3) is 0.625. The number of aromatic nitrogens is 2. The number of carbonyl (C=O) groups excluding carboxylic acids is 1. The predicted molar refractivity (Wildman–Crippen MR) is 45.7 cm³/mol. The van der Waals surface area contributed by atoms with Crippen molar-refractivity contribution in [2.45, 2.75) is 26.7 Å². The van der Waals surface area contributed by atoms with Crippen LogP contribution in [0.15, 0.2) is 4.52 Å². The highest BCUT2D eigenvalue weighted by atomic mass is 16.5. The smallest absolute Gasteiger partial charge is 0.223 e. The van der Waals surface area contributed by atoms with Crippen LogP contribution in [-0.2, 0) is 11.2 Å². The molecule has 2 N–H and O–H groups in total. The fourth-order valence-electron chi connectivity index (χ4n) is 0.931. The topological polar surface area (TPSA) is 82.0 Å². The van der Waals surface area contributed by atoms with Crippen molar-refractivity contribution in [2.24, 2.45) is 11.7 Å². The Bertz CT molecular complexity index is 295. The lowest BCUT2D eigenvalue weighted by Crippen LogP contribution is -2.21. The molecule has 13 heavy (non-hydrogen) atoms. The highest BCUT2D eigenvalue weighted by molar-refractivity contribution is 5.76. The van der Waals surface area contributed by atoms with Crippen LogP contribution in [0.5, 0.6) is 0 Å². The van der Waals surface area contributed by atoms with Gasteiger partial charge in [-0.2, -0.15) is 4.98 Å². The van der Waals surface area contributed by atoms with Crippen molar-refractivity contribution in [3.05, 3.63) is 11.7 Å². The summed E-state index contributed by atoms with van der Waals surface area (Å²) in [4.78, 5) is 14.7. The van der Waals surface area contributed by atoms with Gasteiger partial charge in [-0.25, -0.2) is 0 Å². The van der Waals surface area contributed by atoms with E-state index >= 15 is 0 Å². The SMILES string of the molecule is Cc1nc(CCC(C)C(N)=O)no1. The van der Waals surface area contributed by atoms with Crippen molar-refractivity contribution in [3.63, 3.8) is 0 Å². The zero-order valence-electron chi connectivity index (χ0n) is 7.78. The van der Waals surface area contributed by atoms with Gasteiger partial charge in [0.05, 0.1) is 0 Å². The summed E-state index contributed by atoms with van der Waals surface area (Å²) in [6, 6.07) is 0. The average molecular weight is 183 g/mol. The Kier molecular flexibility index (Phi) is 3.00. The first-order chi connectivity index (χ1) is 6.09. The molecule has 5 heteroatoms. The van der Waals surface area contributed by atoms with Gasteiger partial charge in [-0.05, 0) is 6.42 Å². The Balaban J connectivity index is 2.39. The van der Waals surface area contributed by atoms with Gasteiger partial charge in [0.2, 0.25) is 11.8 Å². The molecular weight excluding hydrogens is 170 g/mol. The summed E-state index contributed by atoms with van der Waals surface area (Å²) in [5, 5.41) is 3.71. The predicted octanol–water partition coefficient (Wildman–Crippen LogP) is 0.432. The molecule has 0 saturated heterocycles. The van der Waals surface area contributed by atoms with E-state index in [4.69, 9.17) is 10.3 Å². The van der Waals surface area contributed by atoms with Gasteiger partial charge in [-0.3, -0.25) is 4.79 Å². The van der Waals surface area contributed by atoms with Crippen LogP contribution in [0.25, 0.3) is 0 Å². The van der Waals surface area contributed by atoms with E-state index < -0.39 is 0 Å². The second kappa shape index (κ2) is 4.02. The van der Waals surface area contributed by atoms with Crippen LogP contribution in [-0.4, -0.2) is 16.0 Å². The number of primary amides is 1. The standard InChI is InChI=1S/C8H13N3O2/c1-5(8(9)12)3-4-7-10-6(2)13-11-7/h5H,3-4H2,1-2H3,(H2,9,12). The Morgan fingerprint density at radius 3 is 2.85 bits per heavy atom. The van der Waals surface area contributed by atoms with E-state index in [0.29, 0.717) is 24.6 Å². The van der Waals surface area contributed by atoms with Gasteiger partial charge in [0.15, 0.2) is 5.82 Å². The van der Waals surface area contributed by atoms with Gasteiger partial charge >= 0.3 is 0 Å². The number of nitrogens with two attached hydrogens (primary N) is 1. The van der Waals surface area contributed by atoms with E-state index in [1.54, 1.807) is 13.8 Å². The molecule has 0 saturated carbocycles. The highest BCUT2D eigenvalue weighted by Crippen LogP contribution is 2.06. The summed E-state index contributed by atoms with van der Waals surface area (Å²) >= 11 is 0. The lowest BCUT2D eigenvalue weighted by Gasteiger charge is -2.02. The van der Waals surface area contributed by atoms with Gasteiger partial charge in [0.25, 0.3) is 0 Å². The van der Waals surface area contributed by atoms with Crippen molar-refractivity contribution >= 4 is 5.91 Å². The van der Waals surface area contributed by atoms with Crippen LogP contribution < -0.4 is 5.73 Å². The number of hydrogen-bond donors (Lipinski definition) is 1. The molecule has 1 aromatic rings. The molecule has 1 aromatic heterocycles. The summed E-state index contributed by atoms with van der Waals surface area (Å²) in [5.41, 5.74) is 5.10. The van der Waals surface area contributed by atoms with Gasteiger partial charge < -0.3 is 10.3 Å². The number of amides is 1. The largest absolute Gasteiger partial charge is 0.369 e. The molecule has 72 valence electrons. The van der Waals surface area contributed by atoms with Crippen LogP contribution in [0.1, 0.15) is 25.1 Å². The van der Waals surface area contributed by atoms with E-state index in [1.807, 2.05) is 0 Å². The Labute approximate surface area is 76.3 Å². The first kappa shape index (κ1) is 9.70. The van der Waals surface area contributed by atoms with Crippen LogP contribution in [0.4, 0.5) is 0 Å². The number of nitrogens with zero attached hydrogens (tertiary/aromatic N) is 2. The molecule has 0 bridgehead atoms. The van der Waals surface area contributed by atoms with Gasteiger partial charge in [-0.15, -0.1) is 0 Å². The summed E-state index contributed by atoms with van der Waals surface area (Å²) in [5.74, 6) is 0.742. The van der Waals surface area contributed by atoms with Crippen molar-refractivity contribution in [1.82, 2.24) is 10.1 Å². The second-order valence-electron chi connectivity index (χ2n) is 3.07. The molecular formula is C8H13N3O2. The molecule has 0 aliphatic heterocycles. The third-order valence-corrected chi connectivity index (χ3v) is 1.86. The van der Waals surface area contributed by atoms with E-state index in [0.717, 1.165) is 0 Å². The number of hydrogen-bond acceptors (Lipinski definition) is 4. The zero-order valence-corrected chi connectivity index (χ0v) is 7.78. The third-order valence-electron chi connectivity index (χ3n) is 1.86. The molecule has 1 rings (SSSR count). The number of aryl methyl sites for hydroxylation is 2. The number of carbonyl (C=O) groups is 1. The van der Waals surface area contributed by atoms with Crippen LogP contribution in [0.3, 0.4) is 0 Å². The van der Waals surface area contributed by atoms with Gasteiger partial charge in [-0.1, -0.05) is 12.1 Å². The molecule has 0 aliphatic carbocycles. The highest BCUT2D eigenvalue weighted by Gasteiger charge is 2.10. The monoisotopic (exact) mass is 183 g/mol. The Hall–Kier alpha value is -1.39. The summed E-state index contributed by atoms with van der Waals surface area (Å²) in [6.07, 6.45) is 1.29. The minimum absolute atomic E-state index is 0.140. The van der Waals surface area contributed by atoms with E-state index in [1.165, 1.54) is 0 Å². The minimum Gasteiger partial charge on any atom is -0.369 e. The average Bonchev–Trinajstić information content (AvgIpc) is 2.47. The van der Waals surface area contributed by atoms with Crippen LogP contribution in [0, 0.1) is 12.8 Å². The van der Waals surface area contributed by atoms with Gasteiger partial charge in [0.1, 0.15) is 0 Å². The zero-order chi connectivity index (χ0) is 9.84. The molecule has 1 heterocycles. The fourth-order valence-corrected chi connectivity index (χ4v) is 0.931. The first-order valence-electron chi connectivity index (χ1n) is 4.18. The van der Waals surface area contributed by atoms with E-state index in [2.05, 4.69) is 10.1 Å². The molecule has 0 radical (unpaired) electrons. The Morgan fingerprint density at radius 2 is 2.38 bits per heavy atom. The van der Waals surface area contributed by atoms with E-state index in [-0.39, 0.29) is 11.8 Å². The lowest BCUT2D eigenvalue weighted by molar-refractivity contribution is -0.121. The third kappa shape index (κ3) is 2.85. The minimum atomic E-state index is -0.291. The molecule has 0 spiro atoms. The molecule has 1 unspecified atom stereocenters. The molecule has 1 amide bonds. The maximum Gasteiger partial charge on any atom is 0.223 e. The number of rotatable bonds is 4. The van der Waals surface area contributed by atoms with Crippen LogP contribution in [0.2, 0.25) is 0 Å². The van der Waals surface area contributed by atoms with Crippen molar-refractivity contribution in [3.8, 4) is 0 Å². The lowest BCUT2D eigenvalue weighted by atomic mass is 10.1. The Morgan fingerprint density at radius 1 is 1.69 bits per heavy atom. The summed E-state index contributed by atoms with van der Waals surface area (Å²) < 4.78 is 4.78. The van der Waals surface area contributed by atoms with E-state index in [9.17, 15) is 4.79 Å². The molecule has 0 aliphatic rings. The van der Waals surface area contributed by atoms with Crippen molar-refractivity contribution < 1.29 is 9.32 Å². The summed E-state index contributed by atoms with van der Waals surface area (Å²) in [7, 11) is 0. The molecule has 1 atom stereocenters. The van der Waals surface area contributed by atoms with Gasteiger partial charge in [0, 0.05) is 19.3 Å².